The second kappa shape index (κ2) is 6.26. The third kappa shape index (κ3) is 3.41. The third-order valence-corrected chi connectivity index (χ3v) is 3.25. The van der Waals surface area contributed by atoms with Crippen molar-refractivity contribution in [1.82, 2.24) is 19.6 Å². The molecule has 3 aromatic rings. The van der Waals surface area contributed by atoms with Crippen LogP contribution in [0.4, 0.5) is 5.69 Å². The molecule has 0 aliphatic carbocycles. The number of nitrogens with one attached hydrogen (secondary N) is 1. The van der Waals surface area contributed by atoms with Crippen molar-refractivity contribution >= 4 is 11.6 Å². The molecule has 0 saturated carbocycles. The van der Waals surface area contributed by atoms with E-state index in [9.17, 15) is 4.79 Å². The number of aromatic nitrogens is 4. The summed E-state index contributed by atoms with van der Waals surface area (Å²) in [6, 6.07) is 9.44. The molecule has 2 aromatic heterocycles. The molecular formula is C16H17N5O. The van der Waals surface area contributed by atoms with Crippen LogP contribution in [0.1, 0.15) is 12.0 Å². The second-order valence-corrected chi connectivity index (χ2v) is 5.08. The van der Waals surface area contributed by atoms with E-state index in [4.69, 9.17) is 0 Å². The summed E-state index contributed by atoms with van der Waals surface area (Å²) in [5.41, 5.74) is 2.82. The van der Waals surface area contributed by atoms with Gasteiger partial charge in [-0.3, -0.25) is 9.48 Å². The number of hydrogen-bond donors (Lipinski definition) is 1. The molecule has 0 aliphatic heterocycles. The van der Waals surface area contributed by atoms with Crippen LogP contribution >= 0.6 is 0 Å². The van der Waals surface area contributed by atoms with Crippen LogP contribution in [-0.4, -0.2) is 25.5 Å². The highest BCUT2D eigenvalue weighted by Gasteiger charge is 2.04. The predicted molar refractivity (Wildman–Crippen MR) is 83.8 cm³/mol. The molecular weight excluding hydrogens is 278 g/mol. The highest BCUT2D eigenvalue weighted by molar-refractivity contribution is 5.90. The zero-order valence-electron chi connectivity index (χ0n) is 12.3. The van der Waals surface area contributed by atoms with Crippen LogP contribution in [0.5, 0.6) is 0 Å². The second-order valence-electron chi connectivity index (χ2n) is 5.08. The Morgan fingerprint density at radius 3 is 2.68 bits per heavy atom. The predicted octanol–water partition coefficient (Wildman–Crippen LogP) is 2.41. The molecule has 0 radical (unpaired) electrons. The van der Waals surface area contributed by atoms with Crippen molar-refractivity contribution in [3.05, 3.63) is 60.7 Å². The summed E-state index contributed by atoms with van der Waals surface area (Å²) in [4.78, 5) is 11.9. The lowest BCUT2D eigenvalue weighted by molar-refractivity contribution is -0.116. The summed E-state index contributed by atoms with van der Waals surface area (Å²) in [6.45, 7) is 2.55. The van der Waals surface area contributed by atoms with Gasteiger partial charge < -0.3 is 5.32 Å². The Morgan fingerprint density at radius 1 is 1.23 bits per heavy atom. The first-order valence-electron chi connectivity index (χ1n) is 7.10. The molecule has 2 heterocycles. The lowest BCUT2D eigenvalue weighted by Crippen LogP contribution is -2.14. The van der Waals surface area contributed by atoms with E-state index in [2.05, 4.69) is 15.5 Å². The molecule has 112 valence electrons. The number of anilines is 1. The Kier molecular flexibility index (Phi) is 4.00. The molecule has 0 fully saturated rings. The van der Waals surface area contributed by atoms with Gasteiger partial charge in [0.25, 0.3) is 0 Å². The molecule has 0 spiro atoms. The fourth-order valence-electron chi connectivity index (χ4n) is 2.15. The number of hydrogen-bond acceptors (Lipinski definition) is 3. The molecule has 3 rings (SSSR count). The van der Waals surface area contributed by atoms with Crippen molar-refractivity contribution in [3.8, 4) is 5.69 Å². The number of rotatable bonds is 5. The van der Waals surface area contributed by atoms with Crippen molar-refractivity contribution in [1.29, 1.82) is 0 Å². The molecule has 1 aromatic carbocycles. The number of amides is 1. The first-order chi connectivity index (χ1) is 10.7. The minimum atomic E-state index is -0.0278. The van der Waals surface area contributed by atoms with Gasteiger partial charge in [-0.05, 0) is 42.8 Å². The molecule has 6 nitrogen and oxygen atoms in total. The molecule has 0 aliphatic rings. The SMILES string of the molecule is Cc1cnn(CCC(=O)Nc2ccc(-n3cccn3)cc2)c1. The van der Waals surface area contributed by atoms with Gasteiger partial charge in [-0.15, -0.1) is 0 Å². The van der Waals surface area contributed by atoms with Crippen molar-refractivity contribution < 1.29 is 4.79 Å². The van der Waals surface area contributed by atoms with Crippen molar-refractivity contribution in [2.45, 2.75) is 19.9 Å². The summed E-state index contributed by atoms with van der Waals surface area (Å²) < 4.78 is 3.54. The Hall–Kier alpha value is -2.89. The molecule has 6 heteroatoms. The van der Waals surface area contributed by atoms with Crippen molar-refractivity contribution in [2.75, 3.05) is 5.32 Å². The summed E-state index contributed by atoms with van der Waals surface area (Å²) in [7, 11) is 0. The Balaban J connectivity index is 1.55. The lowest BCUT2D eigenvalue weighted by atomic mass is 10.2. The standard InChI is InChI=1S/C16H17N5O/c1-13-11-18-20(12-13)10-7-16(22)19-14-3-5-15(6-4-14)21-9-2-8-17-21/h2-6,8-9,11-12H,7,10H2,1H3,(H,19,22). The van der Waals surface area contributed by atoms with Gasteiger partial charge in [-0.25, -0.2) is 4.68 Å². The van der Waals surface area contributed by atoms with Crippen LogP contribution in [0.25, 0.3) is 5.69 Å². The average molecular weight is 295 g/mol. The Labute approximate surface area is 128 Å². The van der Waals surface area contributed by atoms with Crippen molar-refractivity contribution in [2.24, 2.45) is 0 Å². The van der Waals surface area contributed by atoms with Gasteiger partial charge in [0.1, 0.15) is 0 Å². The fourth-order valence-corrected chi connectivity index (χ4v) is 2.15. The largest absolute Gasteiger partial charge is 0.326 e. The fraction of sp³-hybridized carbons (Fsp3) is 0.188. The van der Waals surface area contributed by atoms with Crippen LogP contribution in [0, 0.1) is 6.92 Å². The van der Waals surface area contributed by atoms with E-state index >= 15 is 0 Å². The molecule has 22 heavy (non-hydrogen) atoms. The monoisotopic (exact) mass is 295 g/mol. The van der Waals surface area contributed by atoms with E-state index in [0.29, 0.717) is 13.0 Å². The van der Waals surface area contributed by atoms with E-state index in [1.54, 1.807) is 21.8 Å². The van der Waals surface area contributed by atoms with Crippen LogP contribution in [0.15, 0.2) is 55.1 Å². The lowest BCUT2D eigenvalue weighted by Gasteiger charge is -2.07. The highest BCUT2D eigenvalue weighted by atomic mass is 16.1. The zero-order valence-corrected chi connectivity index (χ0v) is 12.3. The third-order valence-electron chi connectivity index (χ3n) is 3.25. The first kappa shape index (κ1) is 14.1. The van der Waals surface area contributed by atoms with Gasteiger partial charge in [0, 0.05) is 37.2 Å². The zero-order chi connectivity index (χ0) is 15.4. The smallest absolute Gasteiger partial charge is 0.226 e. The molecule has 0 atom stereocenters. The van der Waals surface area contributed by atoms with Gasteiger partial charge >= 0.3 is 0 Å². The number of nitrogens with zero attached hydrogens (tertiary/aromatic N) is 4. The molecule has 0 saturated heterocycles. The van der Waals surface area contributed by atoms with Gasteiger partial charge in [-0.2, -0.15) is 10.2 Å². The first-order valence-corrected chi connectivity index (χ1v) is 7.10. The summed E-state index contributed by atoms with van der Waals surface area (Å²) >= 11 is 0. The number of carbonyl (C=O) groups excluding carboxylic acids is 1. The molecule has 0 bridgehead atoms. The van der Waals surface area contributed by atoms with E-state index in [1.807, 2.05) is 49.6 Å². The Bertz CT molecular complexity index is 743. The average Bonchev–Trinajstić information content (AvgIpc) is 3.17. The summed E-state index contributed by atoms with van der Waals surface area (Å²) in [5, 5.41) is 11.2. The maximum atomic E-state index is 11.9. The quantitative estimate of drug-likeness (QED) is 0.786. The van der Waals surface area contributed by atoms with E-state index < -0.39 is 0 Å². The number of aryl methyl sites for hydroxylation is 2. The minimum absolute atomic E-state index is 0.0278. The number of benzene rings is 1. The van der Waals surface area contributed by atoms with E-state index in [1.165, 1.54) is 0 Å². The van der Waals surface area contributed by atoms with Crippen LogP contribution in [0.2, 0.25) is 0 Å². The topological polar surface area (TPSA) is 64.7 Å². The maximum Gasteiger partial charge on any atom is 0.226 e. The molecule has 1 N–H and O–H groups in total. The van der Waals surface area contributed by atoms with Gasteiger partial charge in [-0.1, -0.05) is 0 Å². The summed E-state index contributed by atoms with van der Waals surface area (Å²) in [5.74, 6) is -0.0278. The molecule has 1 amide bonds. The van der Waals surface area contributed by atoms with Gasteiger partial charge in [0.15, 0.2) is 0 Å². The normalized spacial score (nSPS) is 10.6. The number of carbonyl (C=O) groups is 1. The van der Waals surface area contributed by atoms with Crippen LogP contribution in [0.3, 0.4) is 0 Å². The van der Waals surface area contributed by atoms with Crippen molar-refractivity contribution in [3.63, 3.8) is 0 Å². The Morgan fingerprint density at radius 2 is 2.05 bits per heavy atom. The van der Waals surface area contributed by atoms with Gasteiger partial charge in [0.05, 0.1) is 11.9 Å². The van der Waals surface area contributed by atoms with Gasteiger partial charge in [0.2, 0.25) is 5.91 Å². The minimum Gasteiger partial charge on any atom is -0.326 e. The summed E-state index contributed by atoms with van der Waals surface area (Å²) in [6.07, 6.45) is 7.70. The van der Waals surface area contributed by atoms with Crippen LogP contribution < -0.4 is 5.32 Å². The molecule has 0 unspecified atom stereocenters. The maximum absolute atomic E-state index is 11.9. The highest BCUT2D eigenvalue weighted by Crippen LogP contribution is 2.12. The van der Waals surface area contributed by atoms with Crippen LogP contribution in [-0.2, 0) is 11.3 Å². The van der Waals surface area contributed by atoms with E-state index in [0.717, 1.165) is 16.9 Å². The van der Waals surface area contributed by atoms with E-state index in [-0.39, 0.29) is 5.91 Å².